The second-order valence-corrected chi connectivity index (χ2v) is 7.84. The number of piperidine rings is 1. The van der Waals surface area contributed by atoms with Crippen molar-refractivity contribution < 1.29 is 14.6 Å². The Morgan fingerprint density at radius 1 is 1.32 bits per heavy atom. The minimum absolute atomic E-state index is 0.251. The van der Waals surface area contributed by atoms with Gasteiger partial charge in [-0.3, -0.25) is 15.1 Å². The van der Waals surface area contributed by atoms with Gasteiger partial charge in [0.25, 0.3) is 0 Å². The number of benzene rings is 1. The van der Waals surface area contributed by atoms with Crippen molar-refractivity contribution in [1.29, 1.82) is 0 Å². The van der Waals surface area contributed by atoms with E-state index in [1.54, 1.807) is 0 Å². The summed E-state index contributed by atoms with van der Waals surface area (Å²) in [6, 6.07) is 6.23. The maximum Gasteiger partial charge on any atom is 0.303 e. The molecular formula is C22H29N3O3. The van der Waals surface area contributed by atoms with Crippen molar-refractivity contribution in [1.82, 2.24) is 15.8 Å². The van der Waals surface area contributed by atoms with Crippen molar-refractivity contribution in [3.63, 3.8) is 0 Å². The molecule has 0 bridgehead atoms. The Bertz CT molecular complexity index is 774. The lowest BCUT2D eigenvalue weighted by Crippen LogP contribution is -2.54. The minimum Gasteiger partial charge on any atom is -0.492 e. The number of aryl methyl sites for hydroxylation is 1. The number of carboxylic acids is 1. The van der Waals surface area contributed by atoms with Gasteiger partial charge in [0.15, 0.2) is 0 Å². The number of fused-ring (bicyclic) bond motifs is 2. The normalized spacial score (nSPS) is 23.6. The van der Waals surface area contributed by atoms with Crippen LogP contribution in [0.15, 0.2) is 42.1 Å². The molecule has 1 aromatic carbocycles. The van der Waals surface area contributed by atoms with E-state index in [0.717, 1.165) is 44.5 Å². The maximum absolute atomic E-state index is 10.9. The Kier molecular flexibility index (Phi) is 5.98. The van der Waals surface area contributed by atoms with Crippen LogP contribution in [0.4, 0.5) is 0 Å². The Morgan fingerprint density at radius 3 is 3.14 bits per heavy atom. The van der Waals surface area contributed by atoms with Crippen LogP contribution in [0.1, 0.15) is 36.8 Å². The summed E-state index contributed by atoms with van der Waals surface area (Å²) in [6.45, 7) is 2.37. The van der Waals surface area contributed by atoms with Gasteiger partial charge in [0.05, 0.1) is 0 Å². The Hall–Kier alpha value is -2.31. The molecule has 150 valence electrons. The van der Waals surface area contributed by atoms with E-state index in [-0.39, 0.29) is 18.5 Å². The van der Waals surface area contributed by atoms with Crippen molar-refractivity contribution >= 4 is 5.97 Å². The number of nitrogens with one attached hydrogen (secondary N) is 2. The molecule has 3 aliphatic rings. The molecule has 6 heteroatoms. The second-order valence-electron chi connectivity index (χ2n) is 7.84. The fourth-order valence-corrected chi connectivity index (χ4v) is 4.40. The summed E-state index contributed by atoms with van der Waals surface area (Å²) < 4.78 is 5.95. The van der Waals surface area contributed by atoms with Crippen molar-refractivity contribution in [3.05, 3.63) is 53.3 Å². The zero-order chi connectivity index (χ0) is 19.3. The van der Waals surface area contributed by atoms with E-state index in [9.17, 15) is 4.79 Å². The predicted octanol–water partition coefficient (Wildman–Crippen LogP) is 2.61. The number of carboxylic acid groups (broad SMARTS) is 1. The van der Waals surface area contributed by atoms with Gasteiger partial charge in [0.2, 0.25) is 0 Å². The van der Waals surface area contributed by atoms with E-state index >= 15 is 0 Å². The fourth-order valence-electron chi connectivity index (χ4n) is 4.40. The molecule has 4 rings (SSSR count). The molecule has 0 amide bonds. The second kappa shape index (κ2) is 8.80. The molecule has 28 heavy (non-hydrogen) atoms. The summed E-state index contributed by atoms with van der Waals surface area (Å²) in [4.78, 5) is 10.9. The molecular weight excluding hydrogens is 354 g/mol. The molecule has 2 unspecified atom stereocenters. The first kappa shape index (κ1) is 19.0. The highest BCUT2D eigenvalue weighted by atomic mass is 16.5. The molecule has 0 saturated carbocycles. The Morgan fingerprint density at radius 2 is 2.25 bits per heavy atom. The standard InChI is InChI=1S/C22H29N3O3/c26-21(27)14-16-5-6-19-15-20(8-7-18(19)13-16)28-12-10-24-25-11-2-4-17-3-1-9-23-22(17)25/h2,4,7-8,11,15-16,22-24H,1,3,5-6,9-10,12-14H2,(H,26,27). The lowest BCUT2D eigenvalue weighted by atomic mass is 9.82. The van der Waals surface area contributed by atoms with E-state index in [2.05, 4.69) is 46.2 Å². The van der Waals surface area contributed by atoms with Crippen LogP contribution in [0, 0.1) is 5.92 Å². The monoisotopic (exact) mass is 383 g/mol. The molecule has 2 aliphatic heterocycles. The topological polar surface area (TPSA) is 73.8 Å². The lowest BCUT2D eigenvalue weighted by Gasteiger charge is -2.38. The van der Waals surface area contributed by atoms with E-state index in [0.29, 0.717) is 6.61 Å². The zero-order valence-corrected chi connectivity index (χ0v) is 16.2. The van der Waals surface area contributed by atoms with E-state index < -0.39 is 5.97 Å². The quantitative estimate of drug-likeness (QED) is 0.629. The summed E-state index contributed by atoms with van der Waals surface area (Å²) in [7, 11) is 0. The van der Waals surface area contributed by atoms with Crippen molar-refractivity contribution in [3.8, 4) is 5.75 Å². The third-order valence-electron chi connectivity index (χ3n) is 5.80. The Labute approximate surface area is 166 Å². The third kappa shape index (κ3) is 4.56. The van der Waals surface area contributed by atoms with E-state index in [4.69, 9.17) is 9.84 Å². The lowest BCUT2D eigenvalue weighted by molar-refractivity contribution is -0.138. The Balaban J connectivity index is 1.24. The largest absolute Gasteiger partial charge is 0.492 e. The first-order valence-electron chi connectivity index (χ1n) is 10.3. The zero-order valence-electron chi connectivity index (χ0n) is 16.2. The highest BCUT2D eigenvalue weighted by molar-refractivity contribution is 5.67. The number of aliphatic carboxylic acids is 1. The van der Waals surface area contributed by atoms with Crippen LogP contribution < -0.4 is 15.5 Å². The third-order valence-corrected chi connectivity index (χ3v) is 5.80. The van der Waals surface area contributed by atoms with Gasteiger partial charge >= 0.3 is 5.97 Å². The molecule has 1 fully saturated rings. The van der Waals surface area contributed by atoms with Crippen molar-refractivity contribution in [2.75, 3.05) is 19.7 Å². The number of carbonyl (C=O) groups is 1. The molecule has 3 N–H and O–H groups in total. The van der Waals surface area contributed by atoms with E-state index in [1.807, 2.05) is 6.07 Å². The molecule has 0 aromatic heterocycles. The van der Waals surface area contributed by atoms with Gasteiger partial charge in [-0.1, -0.05) is 12.1 Å². The number of hydrogen-bond acceptors (Lipinski definition) is 5. The number of hydrogen-bond donors (Lipinski definition) is 3. The molecule has 1 aromatic rings. The number of hydrazine groups is 1. The molecule has 1 aliphatic carbocycles. The van der Waals surface area contributed by atoms with Gasteiger partial charge in [-0.15, -0.1) is 0 Å². The molecule has 0 radical (unpaired) electrons. The summed E-state index contributed by atoms with van der Waals surface area (Å²) >= 11 is 0. The predicted molar refractivity (Wildman–Crippen MR) is 108 cm³/mol. The van der Waals surface area contributed by atoms with Crippen LogP contribution >= 0.6 is 0 Å². The molecule has 1 saturated heterocycles. The first-order chi connectivity index (χ1) is 13.7. The maximum atomic E-state index is 10.9. The van der Waals surface area contributed by atoms with Gasteiger partial charge in [-0.2, -0.15) is 0 Å². The van der Waals surface area contributed by atoms with Crippen molar-refractivity contribution in [2.24, 2.45) is 5.92 Å². The molecule has 0 spiro atoms. The SMILES string of the molecule is O=C(O)CC1CCc2cc(OCCNN3C=CC=C4CCCNC43)ccc2C1. The minimum atomic E-state index is -0.699. The summed E-state index contributed by atoms with van der Waals surface area (Å²) in [5, 5.41) is 14.7. The van der Waals surface area contributed by atoms with Gasteiger partial charge in [-0.25, -0.2) is 5.43 Å². The van der Waals surface area contributed by atoms with Gasteiger partial charge in [0.1, 0.15) is 18.5 Å². The van der Waals surface area contributed by atoms with Crippen molar-refractivity contribution in [2.45, 2.75) is 44.7 Å². The van der Waals surface area contributed by atoms with Gasteiger partial charge in [0, 0.05) is 19.2 Å². The average molecular weight is 383 g/mol. The number of nitrogens with zero attached hydrogens (tertiary/aromatic N) is 1. The van der Waals surface area contributed by atoms with Gasteiger partial charge in [-0.05, 0) is 79.5 Å². The van der Waals surface area contributed by atoms with E-state index in [1.165, 1.54) is 23.1 Å². The first-order valence-corrected chi connectivity index (χ1v) is 10.3. The molecule has 2 heterocycles. The van der Waals surface area contributed by atoms with Crippen LogP contribution in [0.2, 0.25) is 0 Å². The van der Waals surface area contributed by atoms with Gasteiger partial charge < -0.3 is 9.84 Å². The number of ether oxygens (including phenoxy) is 1. The average Bonchev–Trinajstić information content (AvgIpc) is 2.71. The number of rotatable bonds is 7. The van der Waals surface area contributed by atoms with Crippen LogP contribution in [0.5, 0.6) is 5.75 Å². The highest BCUT2D eigenvalue weighted by Crippen LogP contribution is 2.30. The summed E-state index contributed by atoms with van der Waals surface area (Å²) in [5.41, 5.74) is 7.43. The van der Waals surface area contributed by atoms with Crippen LogP contribution in [0.3, 0.4) is 0 Å². The fraction of sp³-hybridized carbons (Fsp3) is 0.500. The van der Waals surface area contributed by atoms with Crippen LogP contribution in [0.25, 0.3) is 0 Å². The smallest absolute Gasteiger partial charge is 0.303 e. The molecule has 2 atom stereocenters. The summed E-state index contributed by atoms with van der Waals surface area (Å²) in [5.74, 6) is 0.448. The number of allylic oxidation sites excluding steroid dienone is 2. The van der Waals surface area contributed by atoms with Crippen LogP contribution in [-0.2, 0) is 17.6 Å². The summed E-state index contributed by atoms with van der Waals surface area (Å²) in [6.07, 6.45) is 12.0. The molecule has 6 nitrogen and oxygen atoms in total. The van der Waals surface area contributed by atoms with Crippen LogP contribution in [-0.4, -0.2) is 41.9 Å². The highest BCUT2D eigenvalue weighted by Gasteiger charge is 2.24.